The van der Waals surface area contributed by atoms with Crippen molar-refractivity contribution in [3.8, 4) is 23.0 Å². The highest BCUT2D eigenvalue weighted by Gasteiger charge is 2.26. The number of rotatable bonds is 42. The molecule has 4 aromatic rings. The van der Waals surface area contributed by atoms with Gasteiger partial charge in [0.25, 0.3) is 0 Å². The minimum atomic E-state index is -0.639. The molecule has 0 saturated carbocycles. The molecule has 1 aliphatic rings. The summed E-state index contributed by atoms with van der Waals surface area (Å²) in [5, 5.41) is 0. The number of ketones is 2. The molecule has 0 atom stereocenters. The number of carbonyl (C=O) groups is 6. The van der Waals surface area contributed by atoms with Crippen molar-refractivity contribution < 1.29 is 66.7 Å². The fourth-order valence-corrected chi connectivity index (χ4v) is 11.0. The standard InChI is InChI=1S/C74H100O14/c1-9-15-19-23-27-31-81-71-59-37-55(49-85-67(77)13-5)38-60(71)46-64-42-58(52-88-70(80)36-54(8)76)44-66(74(64)84-34-30-26-22-18-12-4)48-62-40-56(50-86-68(78)14-6)39-61(72(62)82-32-28-24-20-16-10-2)47-65-43-57(51-87-69(79)35-53(7)75)41-63(45-59)73(65)83-33-29-25-21-17-11-3/h13-14,37-44H,5-6,9-12,15-36,45-52H2,1-4,7-8H3. The fourth-order valence-electron chi connectivity index (χ4n) is 11.0. The normalized spacial score (nSPS) is 11.7. The number of Topliss-reactive ketones (excluding diaryl/α,β-unsaturated/α-hetero) is 2. The molecule has 0 amide bonds. The summed E-state index contributed by atoms with van der Waals surface area (Å²) in [6.45, 7) is 20.1. The fraction of sp³-hybridized carbons (Fsp3) is 0.541. The molecular formula is C74H100O14. The zero-order chi connectivity index (χ0) is 63.5. The molecule has 1 aliphatic carbocycles. The Morgan fingerprint density at radius 3 is 0.761 bits per heavy atom. The van der Waals surface area contributed by atoms with E-state index >= 15 is 0 Å². The predicted octanol–water partition coefficient (Wildman–Crippen LogP) is 16.3. The first kappa shape index (κ1) is 71.5. The van der Waals surface area contributed by atoms with Crippen LogP contribution < -0.4 is 18.9 Å². The van der Waals surface area contributed by atoms with Gasteiger partial charge in [0.2, 0.25) is 0 Å². The number of ether oxygens (including phenoxy) is 8. The Balaban J connectivity index is 1.95. The second-order valence-corrected chi connectivity index (χ2v) is 23.4. The van der Waals surface area contributed by atoms with E-state index < -0.39 is 23.9 Å². The third kappa shape index (κ3) is 25.5. The average molecular weight is 1210 g/mol. The van der Waals surface area contributed by atoms with E-state index in [2.05, 4.69) is 40.9 Å². The summed E-state index contributed by atoms with van der Waals surface area (Å²) in [4.78, 5) is 76.4. The van der Waals surface area contributed by atoms with Crippen molar-refractivity contribution in [2.75, 3.05) is 26.4 Å². The molecule has 4 aromatic carbocycles. The van der Waals surface area contributed by atoms with Crippen LogP contribution in [0.5, 0.6) is 23.0 Å². The van der Waals surface area contributed by atoms with Crippen molar-refractivity contribution in [2.45, 2.75) is 235 Å². The first-order valence-corrected chi connectivity index (χ1v) is 32.7. The summed E-state index contributed by atoms with van der Waals surface area (Å²) in [7, 11) is 0. The van der Waals surface area contributed by atoms with Crippen LogP contribution in [0.3, 0.4) is 0 Å². The van der Waals surface area contributed by atoms with Crippen LogP contribution in [0.2, 0.25) is 0 Å². The summed E-state index contributed by atoms with van der Waals surface area (Å²) in [6.07, 6.45) is 22.9. The zero-order valence-corrected chi connectivity index (χ0v) is 53.9. The monoisotopic (exact) mass is 1210 g/mol. The van der Waals surface area contributed by atoms with Gasteiger partial charge in [0.05, 0.1) is 26.4 Å². The second kappa shape index (κ2) is 40.3. The molecule has 8 bridgehead atoms. The third-order valence-corrected chi connectivity index (χ3v) is 15.4. The van der Waals surface area contributed by atoms with Gasteiger partial charge >= 0.3 is 23.9 Å². The number of unbranched alkanes of at least 4 members (excludes halogenated alkanes) is 16. The lowest BCUT2D eigenvalue weighted by Crippen LogP contribution is -2.13. The van der Waals surface area contributed by atoms with Gasteiger partial charge in [0.15, 0.2) is 0 Å². The van der Waals surface area contributed by atoms with Gasteiger partial charge in [0, 0.05) is 37.8 Å². The molecule has 14 nitrogen and oxygen atoms in total. The van der Waals surface area contributed by atoms with Gasteiger partial charge in [-0.1, -0.05) is 144 Å². The topological polar surface area (TPSA) is 176 Å². The number of carbonyl (C=O) groups excluding carboxylic acids is 6. The van der Waals surface area contributed by atoms with Crippen molar-refractivity contribution in [3.63, 3.8) is 0 Å². The molecule has 0 fully saturated rings. The predicted molar refractivity (Wildman–Crippen MR) is 344 cm³/mol. The summed E-state index contributed by atoms with van der Waals surface area (Å²) in [5.74, 6) is -0.448. The molecule has 0 spiro atoms. The third-order valence-electron chi connectivity index (χ3n) is 15.4. The Hall–Kier alpha value is -7.22. The van der Waals surface area contributed by atoms with E-state index in [0.29, 0.717) is 71.7 Å². The smallest absolute Gasteiger partial charge is 0.330 e. The van der Waals surface area contributed by atoms with Gasteiger partial charge in [0.1, 0.15) is 73.8 Å². The van der Waals surface area contributed by atoms with E-state index in [-0.39, 0.29) is 76.5 Å². The maximum Gasteiger partial charge on any atom is 0.330 e. The van der Waals surface area contributed by atoms with Crippen LogP contribution in [0.4, 0.5) is 0 Å². The summed E-state index contributed by atoms with van der Waals surface area (Å²) in [6, 6.07) is 16.0. The lowest BCUT2D eigenvalue weighted by atomic mass is 9.88. The molecule has 0 aromatic heterocycles. The van der Waals surface area contributed by atoms with Crippen LogP contribution in [-0.4, -0.2) is 61.9 Å². The van der Waals surface area contributed by atoms with Crippen LogP contribution in [0.25, 0.3) is 0 Å². The minimum Gasteiger partial charge on any atom is -0.493 e. The summed E-state index contributed by atoms with van der Waals surface area (Å²) in [5.41, 5.74) is 9.06. The molecule has 5 rings (SSSR count). The molecule has 14 heteroatoms. The lowest BCUT2D eigenvalue weighted by molar-refractivity contribution is -0.148. The first-order chi connectivity index (χ1) is 42.7. The molecule has 0 heterocycles. The van der Waals surface area contributed by atoms with Crippen molar-refractivity contribution in [3.05, 3.63) is 141 Å². The Kier molecular flexibility index (Phi) is 32.8. The Morgan fingerprint density at radius 1 is 0.341 bits per heavy atom. The maximum atomic E-state index is 13.2. The van der Waals surface area contributed by atoms with Crippen molar-refractivity contribution >= 4 is 35.4 Å². The largest absolute Gasteiger partial charge is 0.493 e. The van der Waals surface area contributed by atoms with Crippen LogP contribution >= 0.6 is 0 Å². The Labute approximate surface area is 524 Å². The first-order valence-electron chi connectivity index (χ1n) is 32.7. The van der Waals surface area contributed by atoms with Crippen LogP contribution in [0, 0.1) is 0 Å². The van der Waals surface area contributed by atoms with E-state index in [9.17, 15) is 28.8 Å². The van der Waals surface area contributed by atoms with Crippen molar-refractivity contribution in [1.82, 2.24) is 0 Å². The summed E-state index contributed by atoms with van der Waals surface area (Å²) >= 11 is 0. The highest BCUT2D eigenvalue weighted by Crippen LogP contribution is 2.42. The van der Waals surface area contributed by atoms with E-state index in [1.165, 1.54) is 13.8 Å². The van der Waals surface area contributed by atoms with Crippen LogP contribution in [-0.2, 0) is 99.8 Å². The van der Waals surface area contributed by atoms with Gasteiger partial charge in [-0.15, -0.1) is 0 Å². The molecule has 88 heavy (non-hydrogen) atoms. The van der Waals surface area contributed by atoms with Crippen molar-refractivity contribution in [2.24, 2.45) is 0 Å². The van der Waals surface area contributed by atoms with Gasteiger partial charge in [-0.2, -0.15) is 0 Å². The van der Waals surface area contributed by atoms with E-state index in [1.54, 1.807) is 0 Å². The van der Waals surface area contributed by atoms with Crippen LogP contribution in [0.1, 0.15) is 250 Å². The molecule has 480 valence electrons. The van der Waals surface area contributed by atoms with E-state index in [4.69, 9.17) is 37.9 Å². The maximum absolute atomic E-state index is 13.2. The number of benzene rings is 4. The average Bonchev–Trinajstić information content (AvgIpc) is 2.17. The number of hydrogen-bond donors (Lipinski definition) is 0. The van der Waals surface area contributed by atoms with Gasteiger partial charge in [-0.05, 0) is 155 Å². The number of esters is 4. The number of hydrogen-bond acceptors (Lipinski definition) is 14. The minimum absolute atomic E-state index is 0.0698. The molecular weight excluding hydrogens is 1110 g/mol. The molecule has 0 N–H and O–H groups in total. The zero-order valence-electron chi connectivity index (χ0n) is 53.9. The van der Waals surface area contributed by atoms with E-state index in [1.807, 2.05) is 48.5 Å². The van der Waals surface area contributed by atoms with Gasteiger partial charge < -0.3 is 37.9 Å². The van der Waals surface area contributed by atoms with Crippen LogP contribution in [0.15, 0.2) is 73.8 Å². The lowest BCUT2D eigenvalue weighted by Gasteiger charge is -2.25. The highest BCUT2D eigenvalue weighted by molar-refractivity contribution is 5.94. The Morgan fingerprint density at radius 2 is 0.557 bits per heavy atom. The number of fused-ring (bicyclic) bond motifs is 8. The quantitative estimate of drug-likeness (QED) is 0.0119. The highest BCUT2D eigenvalue weighted by atomic mass is 16.5. The van der Waals surface area contributed by atoms with E-state index in [0.717, 1.165) is 185 Å². The van der Waals surface area contributed by atoms with Gasteiger partial charge in [-0.3, -0.25) is 19.2 Å². The molecule has 0 unspecified atom stereocenters. The second-order valence-electron chi connectivity index (χ2n) is 23.4. The molecule has 0 radical (unpaired) electrons. The molecule has 0 aliphatic heterocycles. The van der Waals surface area contributed by atoms with Gasteiger partial charge in [-0.25, -0.2) is 9.59 Å². The Bertz CT molecular complexity index is 2620. The van der Waals surface area contributed by atoms with Crippen molar-refractivity contribution in [1.29, 1.82) is 0 Å². The summed E-state index contributed by atoms with van der Waals surface area (Å²) < 4.78 is 51.7. The SMILES string of the molecule is C=CC(=O)OCc1cc2c(OCCCCCCC)c(c1)Cc1cc(COC(=O)CC(C)=O)cc(c1OCCCCCCC)Cc1cc(COC(=O)C=C)cc(c1OCCCCCCC)Cc1cc(COC(=O)CC(C)=O)cc(c1OCCCCCCC)C2. The molecule has 0 saturated heterocycles.